The third kappa shape index (κ3) is 2.70. The van der Waals surface area contributed by atoms with E-state index in [2.05, 4.69) is 5.09 Å². The molecule has 8 bridgehead atoms. The molecule has 1 N–H and O–H groups in total. The lowest BCUT2D eigenvalue weighted by molar-refractivity contribution is -0.142. The Morgan fingerprint density at radius 1 is 0.654 bits per heavy atom. The molecule has 0 radical (unpaired) electrons. The van der Waals surface area contributed by atoms with Crippen LogP contribution in [0.2, 0.25) is 0 Å². The van der Waals surface area contributed by atoms with Crippen LogP contribution >= 0.6 is 7.75 Å². The van der Waals surface area contributed by atoms with E-state index in [1.165, 1.54) is 38.5 Å². The lowest BCUT2D eigenvalue weighted by atomic mass is 9.54. The van der Waals surface area contributed by atoms with Gasteiger partial charge >= 0.3 is 7.75 Å². The van der Waals surface area contributed by atoms with Crippen molar-refractivity contribution < 1.29 is 13.6 Å². The maximum absolute atomic E-state index is 13.8. The van der Waals surface area contributed by atoms with E-state index in [4.69, 9.17) is 9.05 Å². The molecule has 8 aliphatic carbocycles. The Morgan fingerprint density at radius 3 is 1.15 bits per heavy atom. The second-order valence-corrected chi connectivity index (χ2v) is 12.9. The van der Waals surface area contributed by atoms with Gasteiger partial charge in [0.2, 0.25) is 0 Å². The van der Waals surface area contributed by atoms with Gasteiger partial charge in [-0.3, -0.25) is 9.05 Å². The number of nitrogens with one attached hydrogen (secondary N) is 1. The van der Waals surface area contributed by atoms with Gasteiger partial charge in [-0.1, -0.05) is 0 Å². The van der Waals surface area contributed by atoms with E-state index in [-0.39, 0.29) is 11.2 Å². The van der Waals surface area contributed by atoms with Crippen molar-refractivity contribution >= 4 is 7.75 Å². The van der Waals surface area contributed by atoms with E-state index in [9.17, 15) is 4.57 Å². The standard InChI is InChI=1S/C21H34NO3P/c1-22-26(23,24-20-8-14-2-15(9-20)4-16(3-14)10-20)25-21-11-17-5-18(12-21)7-19(6-17)13-21/h14-19H,2-13H2,1H3,(H,22,23). The maximum Gasteiger partial charge on any atom is 0.406 e. The van der Waals surface area contributed by atoms with Gasteiger partial charge in [-0.05, 0) is 120 Å². The van der Waals surface area contributed by atoms with Gasteiger partial charge < -0.3 is 0 Å². The zero-order valence-electron chi connectivity index (χ0n) is 16.1. The van der Waals surface area contributed by atoms with Crippen LogP contribution in [0.25, 0.3) is 0 Å². The smallest absolute Gasteiger partial charge is 0.290 e. The Morgan fingerprint density at radius 2 is 0.923 bits per heavy atom. The van der Waals surface area contributed by atoms with E-state index in [0.717, 1.165) is 74.0 Å². The van der Waals surface area contributed by atoms with Crippen molar-refractivity contribution in [1.29, 1.82) is 0 Å². The normalized spacial score (nSPS) is 56.0. The number of rotatable bonds is 5. The fraction of sp³-hybridized carbons (Fsp3) is 1.00. The summed E-state index contributed by atoms with van der Waals surface area (Å²) >= 11 is 0. The van der Waals surface area contributed by atoms with Crippen molar-refractivity contribution in [3.8, 4) is 0 Å². The average Bonchev–Trinajstić information content (AvgIpc) is 2.50. The minimum Gasteiger partial charge on any atom is -0.290 e. The van der Waals surface area contributed by atoms with Crippen LogP contribution in [0.3, 0.4) is 0 Å². The minimum atomic E-state index is -3.25. The predicted octanol–water partition coefficient (Wildman–Crippen LogP) is 5.28. The van der Waals surface area contributed by atoms with E-state index < -0.39 is 7.75 Å². The van der Waals surface area contributed by atoms with E-state index in [1.807, 2.05) is 0 Å². The van der Waals surface area contributed by atoms with Gasteiger partial charge in [-0.25, -0.2) is 9.65 Å². The first-order valence-electron chi connectivity index (χ1n) is 11.1. The van der Waals surface area contributed by atoms with Crippen LogP contribution in [0.1, 0.15) is 77.0 Å². The monoisotopic (exact) mass is 379 g/mol. The first-order valence-corrected chi connectivity index (χ1v) is 12.7. The molecule has 26 heavy (non-hydrogen) atoms. The van der Waals surface area contributed by atoms with Crippen LogP contribution in [0, 0.1) is 35.5 Å². The third-order valence-corrected chi connectivity index (χ3v) is 10.7. The van der Waals surface area contributed by atoms with Crippen molar-refractivity contribution in [2.45, 2.75) is 88.3 Å². The lowest BCUT2D eigenvalue weighted by Gasteiger charge is -2.58. The van der Waals surface area contributed by atoms with Crippen molar-refractivity contribution in [2.24, 2.45) is 35.5 Å². The number of hydrogen-bond donors (Lipinski definition) is 1. The van der Waals surface area contributed by atoms with E-state index in [1.54, 1.807) is 7.05 Å². The summed E-state index contributed by atoms with van der Waals surface area (Å²) in [4.78, 5) is 0. The van der Waals surface area contributed by atoms with Crippen LogP contribution in [-0.2, 0) is 13.6 Å². The zero-order chi connectivity index (χ0) is 17.6. The molecule has 0 aromatic rings. The zero-order valence-corrected chi connectivity index (χ0v) is 17.0. The van der Waals surface area contributed by atoms with Gasteiger partial charge in [0.25, 0.3) is 0 Å². The Kier molecular flexibility index (Phi) is 3.66. The van der Waals surface area contributed by atoms with Crippen LogP contribution < -0.4 is 5.09 Å². The molecule has 4 nitrogen and oxygen atoms in total. The van der Waals surface area contributed by atoms with E-state index in [0.29, 0.717) is 0 Å². The fourth-order valence-corrected chi connectivity index (χ4v) is 10.6. The van der Waals surface area contributed by atoms with Gasteiger partial charge in [0, 0.05) is 0 Å². The minimum absolute atomic E-state index is 0.171. The van der Waals surface area contributed by atoms with Crippen molar-refractivity contribution in [3.05, 3.63) is 0 Å². The quantitative estimate of drug-likeness (QED) is 0.660. The van der Waals surface area contributed by atoms with Gasteiger partial charge in [-0.15, -0.1) is 0 Å². The third-order valence-electron chi connectivity index (χ3n) is 8.87. The molecule has 0 amide bonds. The van der Waals surface area contributed by atoms with Crippen LogP contribution in [-0.4, -0.2) is 18.2 Å². The molecule has 0 unspecified atom stereocenters. The summed E-state index contributed by atoms with van der Waals surface area (Å²) in [6.45, 7) is 0. The fourth-order valence-electron chi connectivity index (χ4n) is 8.91. The highest BCUT2D eigenvalue weighted by atomic mass is 31.2. The highest BCUT2D eigenvalue weighted by Crippen LogP contribution is 2.66. The summed E-state index contributed by atoms with van der Waals surface area (Å²) in [5.74, 6) is 4.78. The molecule has 0 spiro atoms. The summed E-state index contributed by atoms with van der Waals surface area (Å²) < 4.78 is 26.9. The van der Waals surface area contributed by atoms with Crippen LogP contribution in [0.4, 0.5) is 0 Å². The lowest BCUT2D eigenvalue weighted by Crippen LogP contribution is -2.54. The first-order chi connectivity index (χ1) is 12.4. The molecule has 8 aliphatic rings. The molecule has 8 rings (SSSR count). The summed E-state index contributed by atoms with van der Waals surface area (Å²) in [5.41, 5.74) is -0.342. The summed E-state index contributed by atoms with van der Waals surface area (Å²) in [5, 5.41) is 3.04. The molecule has 0 aromatic heterocycles. The SMILES string of the molecule is CNP(=O)(OC12CC3CC(CC(C3)C1)C2)OC12CC3CC(CC(C3)C1)C2. The Hall–Kier alpha value is 0.110. The molecule has 8 saturated carbocycles. The van der Waals surface area contributed by atoms with Gasteiger partial charge in [0.05, 0.1) is 11.2 Å². The first kappa shape index (κ1) is 17.0. The van der Waals surface area contributed by atoms with Gasteiger partial charge in [-0.2, -0.15) is 0 Å². The molecule has 146 valence electrons. The molecule has 8 fully saturated rings. The molecule has 0 atom stereocenters. The summed E-state index contributed by atoms with van der Waals surface area (Å²) in [7, 11) is -1.47. The van der Waals surface area contributed by atoms with Crippen molar-refractivity contribution in [3.63, 3.8) is 0 Å². The molecule has 0 heterocycles. The summed E-state index contributed by atoms with van der Waals surface area (Å²) in [6.07, 6.45) is 14.9. The van der Waals surface area contributed by atoms with Crippen LogP contribution in [0.5, 0.6) is 0 Å². The second kappa shape index (κ2) is 5.59. The maximum atomic E-state index is 13.8. The van der Waals surface area contributed by atoms with Crippen molar-refractivity contribution in [2.75, 3.05) is 7.05 Å². The Labute approximate surface area is 157 Å². The Balaban J connectivity index is 1.24. The predicted molar refractivity (Wildman–Crippen MR) is 101 cm³/mol. The topological polar surface area (TPSA) is 47.6 Å². The van der Waals surface area contributed by atoms with Crippen LogP contribution in [0.15, 0.2) is 0 Å². The highest BCUT2D eigenvalue weighted by Gasteiger charge is 2.58. The molecular formula is C21H34NO3P. The highest BCUT2D eigenvalue weighted by molar-refractivity contribution is 7.51. The van der Waals surface area contributed by atoms with Gasteiger partial charge in [0.15, 0.2) is 0 Å². The Bertz CT molecular complexity index is 527. The van der Waals surface area contributed by atoms with Gasteiger partial charge in [0.1, 0.15) is 0 Å². The molecule has 0 saturated heterocycles. The average molecular weight is 379 g/mol. The molecule has 0 aromatic carbocycles. The molecular weight excluding hydrogens is 345 g/mol. The molecule has 5 heteroatoms. The molecule has 0 aliphatic heterocycles. The number of hydrogen-bond acceptors (Lipinski definition) is 3. The summed E-state index contributed by atoms with van der Waals surface area (Å²) in [6, 6.07) is 0. The van der Waals surface area contributed by atoms with Crippen molar-refractivity contribution in [1.82, 2.24) is 5.09 Å². The van der Waals surface area contributed by atoms with E-state index >= 15 is 0 Å². The second-order valence-electron chi connectivity index (χ2n) is 11.1. The largest absolute Gasteiger partial charge is 0.406 e.